The number of carbonyl (C=O) groups excluding carboxylic acids is 2. The molecule has 0 aliphatic heterocycles. The molecule has 240 valence electrons. The summed E-state index contributed by atoms with van der Waals surface area (Å²) >= 11 is 0. The highest BCUT2D eigenvalue weighted by atomic mass is 35.5. The number of aliphatic hydroxyl groups is 2. The van der Waals surface area contributed by atoms with Gasteiger partial charge < -0.3 is 52.3 Å². The number of nitrogens with one attached hydrogen (secondary N) is 6. The molecule has 1 aliphatic carbocycles. The van der Waals surface area contributed by atoms with Crippen molar-refractivity contribution in [2.24, 2.45) is 0 Å². The predicted molar refractivity (Wildman–Crippen MR) is 175 cm³/mol. The SMILES string of the molecule is Cl.Cl.Cl.Cl.O=C1c2c(O)ccc(O)c2C(=O)c2c(NCCNCCNCCO)ccc(NCCNCCNCCO)c21. The van der Waals surface area contributed by atoms with Crippen molar-refractivity contribution in [3.8, 4) is 11.5 Å². The molecular weight excluding hydrogens is 634 g/mol. The maximum absolute atomic E-state index is 13.6. The summed E-state index contributed by atoms with van der Waals surface area (Å²) < 4.78 is 0. The average Bonchev–Trinajstić information content (AvgIpc) is 2.91. The Morgan fingerprint density at radius 3 is 1.10 bits per heavy atom. The Morgan fingerprint density at radius 1 is 0.452 bits per heavy atom. The molecule has 0 heterocycles. The molecule has 0 unspecified atom stereocenters. The Hall–Kier alpha value is -2.10. The van der Waals surface area contributed by atoms with E-state index in [0.29, 0.717) is 76.8 Å². The van der Waals surface area contributed by atoms with Gasteiger partial charge in [-0.05, 0) is 24.3 Å². The number of aromatic hydroxyl groups is 2. The summed E-state index contributed by atoms with van der Waals surface area (Å²) in [6.07, 6.45) is 0. The zero-order chi connectivity index (χ0) is 27.3. The van der Waals surface area contributed by atoms with Crippen LogP contribution in [0.1, 0.15) is 31.8 Å². The molecule has 0 saturated carbocycles. The van der Waals surface area contributed by atoms with E-state index in [1.165, 1.54) is 12.1 Å². The molecule has 0 amide bonds. The second kappa shape index (κ2) is 22.4. The molecule has 0 atom stereocenters. The lowest BCUT2D eigenvalue weighted by molar-refractivity contribution is 0.0975. The normalized spacial score (nSPS) is 11.2. The number of hydrogen-bond donors (Lipinski definition) is 10. The van der Waals surface area contributed by atoms with Gasteiger partial charge in [-0.2, -0.15) is 0 Å². The van der Waals surface area contributed by atoms with E-state index >= 15 is 0 Å². The van der Waals surface area contributed by atoms with E-state index in [1.807, 2.05) is 0 Å². The molecule has 3 rings (SSSR count). The first-order chi connectivity index (χ1) is 18.5. The second-order valence-corrected chi connectivity index (χ2v) is 8.72. The van der Waals surface area contributed by atoms with Crippen molar-refractivity contribution >= 4 is 72.6 Å². The van der Waals surface area contributed by atoms with Gasteiger partial charge in [0.05, 0.1) is 35.5 Å². The highest BCUT2D eigenvalue weighted by Crippen LogP contribution is 2.42. The predicted octanol–water partition coefficient (Wildman–Crippen LogP) is 0.727. The van der Waals surface area contributed by atoms with Gasteiger partial charge in [0, 0.05) is 76.8 Å². The van der Waals surface area contributed by atoms with Crippen LogP contribution in [0.3, 0.4) is 0 Å². The van der Waals surface area contributed by atoms with Crippen LogP contribution in [0.4, 0.5) is 11.4 Å². The lowest BCUT2D eigenvalue weighted by Gasteiger charge is -2.25. The summed E-state index contributed by atoms with van der Waals surface area (Å²) in [5, 5.41) is 57.4. The third-order valence-electron chi connectivity index (χ3n) is 6.04. The van der Waals surface area contributed by atoms with Crippen molar-refractivity contribution in [3.05, 3.63) is 46.5 Å². The van der Waals surface area contributed by atoms with Gasteiger partial charge in [-0.1, -0.05) is 0 Å². The molecule has 12 nitrogen and oxygen atoms in total. The Kier molecular flexibility index (Phi) is 22.5. The first-order valence-corrected chi connectivity index (χ1v) is 12.8. The highest BCUT2D eigenvalue weighted by Gasteiger charge is 2.37. The molecule has 0 saturated heterocycles. The van der Waals surface area contributed by atoms with Gasteiger partial charge in [-0.15, -0.1) is 49.6 Å². The summed E-state index contributed by atoms with van der Waals surface area (Å²) in [6, 6.07) is 5.86. The molecule has 0 spiro atoms. The van der Waals surface area contributed by atoms with Crippen LogP contribution in [0.15, 0.2) is 24.3 Å². The van der Waals surface area contributed by atoms with E-state index in [1.54, 1.807) is 12.1 Å². The van der Waals surface area contributed by atoms with E-state index in [-0.39, 0.29) is 96.6 Å². The quantitative estimate of drug-likeness (QED) is 0.0674. The summed E-state index contributed by atoms with van der Waals surface area (Å²) in [5.41, 5.74) is 0.829. The van der Waals surface area contributed by atoms with E-state index in [4.69, 9.17) is 10.2 Å². The van der Waals surface area contributed by atoms with E-state index in [2.05, 4.69) is 31.9 Å². The minimum atomic E-state index is -0.539. The smallest absolute Gasteiger partial charge is 0.200 e. The number of phenols is 2. The van der Waals surface area contributed by atoms with Gasteiger partial charge in [0.1, 0.15) is 11.5 Å². The van der Waals surface area contributed by atoms with Crippen molar-refractivity contribution in [3.63, 3.8) is 0 Å². The summed E-state index contributed by atoms with van der Waals surface area (Å²) in [5.74, 6) is -1.80. The summed E-state index contributed by atoms with van der Waals surface area (Å²) in [6.45, 7) is 6.20. The number of phenolic OH excluding ortho intramolecular Hbond substituents is 2. The maximum atomic E-state index is 13.6. The number of carbonyl (C=O) groups is 2. The van der Waals surface area contributed by atoms with Gasteiger partial charge in [-0.3, -0.25) is 9.59 Å². The second-order valence-electron chi connectivity index (χ2n) is 8.72. The van der Waals surface area contributed by atoms with E-state index < -0.39 is 11.6 Å². The Bertz CT molecular complexity index is 1030. The third-order valence-corrected chi connectivity index (χ3v) is 6.04. The van der Waals surface area contributed by atoms with Crippen LogP contribution in [0, 0.1) is 0 Å². The number of benzene rings is 2. The van der Waals surface area contributed by atoms with Crippen molar-refractivity contribution in [2.45, 2.75) is 0 Å². The average molecular weight is 676 g/mol. The number of aliphatic hydroxyl groups excluding tert-OH is 2. The fourth-order valence-electron chi connectivity index (χ4n) is 4.24. The number of hydrogen-bond acceptors (Lipinski definition) is 12. The molecular formula is C26H42Cl4N6O6. The van der Waals surface area contributed by atoms with Gasteiger partial charge >= 0.3 is 0 Å². The molecule has 0 radical (unpaired) electrons. The molecule has 0 aromatic heterocycles. The first-order valence-electron chi connectivity index (χ1n) is 12.8. The largest absolute Gasteiger partial charge is 0.507 e. The summed E-state index contributed by atoms with van der Waals surface area (Å²) in [7, 11) is 0. The molecule has 2 aromatic carbocycles. The van der Waals surface area contributed by atoms with Crippen LogP contribution in [0.2, 0.25) is 0 Å². The lowest BCUT2D eigenvalue weighted by atomic mass is 9.81. The Labute approximate surface area is 270 Å². The molecule has 0 bridgehead atoms. The number of ketones is 2. The van der Waals surface area contributed by atoms with Crippen LogP contribution >= 0.6 is 49.6 Å². The van der Waals surface area contributed by atoms with Crippen LogP contribution < -0.4 is 31.9 Å². The van der Waals surface area contributed by atoms with Crippen molar-refractivity contribution in [2.75, 3.05) is 89.3 Å². The monoisotopic (exact) mass is 674 g/mol. The molecule has 1 aliphatic rings. The Balaban J connectivity index is 0. The van der Waals surface area contributed by atoms with Gasteiger partial charge in [0.2, 0.25) is 11.6 Å². The van der Waals surface area contributed by atoms with Crippen molar-refractivity contribution in [1.29, 1.82) is 0 Å². The van der Waals surface area contributed by atoms with Crippen LogP contribution in [0.5, 0.6) is 11.5 Å². The topological polar surface area (TPSA) is 187 Å². The van der Waals surface area contributed by atoms with Crippen LogP contribution in [0.25, 0.3) is 0 Å². The molecule has 10 N–H and O–H groups in total. The molecule has 42 heavy (non-hydrogen) atoms. The first kappa shape index (κ1) is 42.0. The minimum Gasteiger partial charge on any atom is -0.507 e. The fourth-order valence-corrected chi connectivity index (χ4v) is 4.24. The number of halogens is 4. The lowest BCUT2D eigenvalue weighted by Crippen LogP contribution is -2.32. The molecule has 16 heteroatoms. The minimum absolute atomic E-state index is 0. The number of fused-ring (bicyclic) bond motifs is 2. The van der Waals surface area contributed by atoms with E-state index in [0.717, 1.165) is 0 Å². The third kappa shape index (κ3) is 11.2. The standard InChI is InChI=1S/C26H38N6O6.4ClH/c33-15-13-29-7-5-27-9-11-31-17-1-2-18(32-12-10-28-6-8-30-14-16-34)22-21(17)25(37)23-19(35)3-4-20(36)24(23)26(22)38;;;;/h1-4,27-36H,5-16H2;4*1H. The zero-order valence-corrected chi connectivity index (χ0v) is 26.3. The number of rotatable bonds is 18. The van der Waals surface area contributed by atoms with E-state index in [9.17, 15) is 19.8 Å². The molecule has 2 aromatic rings. The van der Waals surface area contributed by atoms with Gasteiger partial charge in [0.15, 0.2) is 0 Å². The number of anilines is 2. The zero-order valence-electron chi connectivity index (χ0n) is 23.0. The fraction of sp³-hybridized carbons (Fsp3) is 0.462. The summed E-state index contributed by atoms with van der Waals surface area (Å²) in [4.78, 5) is 27.1. The van der Waals surface area contributed by atoms with Crippen molar-refractivity contribution in [1.82, 2.24) is 21.3 Å². The van der Waals surface area contributed by atoms with Crippen LogP contribution in [-0.4, -0.2) is 111 Å². The van der Waals surface area contributed by atoms with Gasteiger partial charge in [0.25, 0.3) is 0 Å². The Morgan fingerprint density at radius 2 is 0.762 bits per heavy atom. The van der Waals surface area contributed by atoms with Crippen molar-refractivity contribution < 1.29 is 30.0 Å². The molecule has 0 fully saturated rings. The van der Waals surface area contributed by atoms with Crippen LogP contribution in [-0.2, 0) is 0 Å². The maximum Gasteiger partial charge on any atom is 0.200 e. The highest BCUT2D eigenvalue weighted by molar-refractivity contribution is 6.33. The van der Waals surface area contributed by atoms with Gasteiger partial charge in [-0.25, -0.2) is 0 Å².